The summed E-state index contributed by atoms with van der Waals surface area (Å²) in [7, 11) is 0. The molecular weight excluding hydrogens is 757 g/mol. The molecule has 0 fully saturated rings. The molecule has 0 N–H and O–H groups in total. The molecule has 0 saturated heterocycles. The summed E-state index contributed by atoms with van der Waals surface area (Å²) in [5.41, 5.74) is 14.0. The lowest BCUT2D eigenvalue weighted by molar-refractivity contribution is 1.19. The second kappa shape index (κ2) is 14.5. The molecule has 0 amide bonds. The van der Waals surface area contributed by atoms with Gasteiger partial charge in [0, 0.05) is 58.8 Å². The topological polar surface area (TPSA) is 8.17 Å². The number of nitrogens with zero attached hydrogens (tertiary/aromatic N) is 2. The number of fused-ring (bicyclic) bond motifs is 7. The molecule has 0 saturated carbocycles. The fourth-order valence-electron chi connectivity index (χ4n) is 9.32. The molecule has 2 nitrogen and oxygen atoms in total. The second-order valence-corrected chi connectivity index (χ2v) is 16.7. The van der Waals surface area contributed by atoms with Crippen LogP contribution in [0.2, 0.25) is 0 Å². The van der Waals surface area contributed by atoms with E-state index < -0.39 is 0 Å². The maximum atomic E-state index is 2.48. The van der Waals surface area contributed by atoms with E-state index in [1.165, 1.54) is 86.3 Å². The minimum atomic E-state index is 1.09. The van der Waals surface area contributed by atoms with Crippen LogP contribution in [0.15, 0.2) is 231 Å². The molecule has 0 radical (unpaired) electrons. The zero-order valence-corrected chi connectivity index (χ0v) is 34.1. The minimum absolute atomic E-state index is 1.09. The minimum Gasteiger partial charge on any atom is -0.310 e. The molecule has 0 spiro atoms. The van der Waals surface area contributed by atoms with E-state index >= 15 is 0 Å². The van der Waals surface area contributed by atoms with Crippen LogP contribution in [0, 0.1) is 0 Å². The number of rotatable bonds is 7. The van der Waals surface area contributed by atoms with Crippen LogP contribution in [0.1, 0.15) is 0 Å². The smallest absolute Gasteiger partial charge is 0.0562 e. The Bertz CT molecular complexity index is 3480. The highest BCUT2D eigenvalue weighted by molar-refractivity contribution is 7.26. The lowest BCUT2D eigenvalue weighted by atomic mass is 9.96. The van der Waals surface area contributed by atoms with Crippen molar-refractivity contribution in [3.63, 3.8) is 0 Å². The van der Waals surface area contributed by atoms with E-state index in [-0.39, 0.29) is 0 Å². The molecule has 0 aliphatic heterocycles. The first-order chi connectivity index (χ1) is 30.3. The molecule has 2 aromatic heterocycles. The van der Waals surface area contributed by atoms with E-state index in [4.69, 9.17) is 0 Å². The first-order valence-corrected chi connectivity index (χ1v) is 21.7. The second-order valence-electron chi connectivity index (χ2n) is 15.7. The van der Waals surface area contributed by atoms with E-state index in [1.807, 2.05) is 11.3 Å². The number of hydrogen-bond donors (Lipinski definition) is 0. The van der Waals surface area contributed by atoms with Crippen LogP contribution >= 0.6 is 11.3 Å². The molecule has 61 heavy (non-hydrogen) atoms. The predicted molar refractivity (Wildman–Crippen MR) is 262 cm³/mol. The van der Waals surface area contributed by atoms with Crippen LogP contribution in [0.5, 0.6) is 0 Å². The first kappa shape index (κ1) is 35.2. The third kappa shape index (κ3) is 5.93. The highest BCUT2D eigenvalue weighted by Gasteiger charge is 2.24. The van der Waals surface area contributed by atoms with Crippen molar-refractivity contribution in [2.75, 3.05) is 4.90 Å². The standard InChI is InChI=1S/C58H38N2S/c1-3-15-39(16-4-1)41-29-33-44(34-30-41)59(45-35-31-42(32-36-45)40-17-5-2-6-18-40)55-38-56-51(37-52(55)50-25-14-24-49-48-23-10-12-28-57(48)61-58(49)50)47-22-9-11-26-54(47)60(56)53-27-13-20-43-19-7-8-21-46(43)53/h1-38H. The highest BCUT2D eigenvalue weighted by atomic mass is 32.1. The van der Waals surface area contributed by atoms with Gasteiger partial charge in [0.15, 0.2) is 0 Å². The van der Waals surface area contributed by atoms with Crippen LogP contribution in [-0.4, -0.2) is 4.57 Å². The van der Waals surface area contributed by atoms with Crippen LogP contribution in [-0.2, 0) is 0 Å². The Morgan fingerprint density at radius 3 is 1.59 bits per heavy atom. The van der Waals surface area contributed by atoms with Crippen molar-refractivity contribution in [1.29, 1.82) is 0 Å². The van der Waals surface area contributed by atoms with Gasteiger partial charge in [-0.1, -0.05) is 176 Å². The Morgan fingerprint density at radius 1 is 0.344 bits per heavy atom. The Kier molecular flexibility index (Phi) is 8.39. The summed E-state index contributed by atoms with van der Waals surface area (Å²) >= 11 is 1.88. The molecule has 286 valence electrons. The summed E-state index contributed by atoms with van der Waals surface area (Å²) in [4.78, 5) is 2.47. The molecule has 0 atom stereocenters. The van der Waals surface area contributed by atoms with E-state index in [0.29, 0.717) is 0 Å². The predicted octanol–water partition coefficient (Wildman–Crippen LogP) is 16.8. The summed E-state index contributed by atoms with van der Waals surface area (Å²) in [5, 5.41) is 7.47. The van der Waals surface area contributed by atoms with Crippen LogP contribution in [0.25, 0.3) is 91.8 Å². The number of thiophene rings is 1. The lowest BCUT2D eigenvalue weighted by Crippen LogP contribution is -2.11. The largest absolute Gasteiger partial charge is 0.310 e. The molecule has 0 aliphatic rings. The fourth-order valence-corrected chi connectivity index (χ4v) is 10.6. The van der Waals surface area contributed by atoms with Crippen molar-refractivity contribution < 1.29 is 0 Å². The number of anilines is 3. The maximum Gasteiger partial charge on any atom is 0.0562 e. The summed E-state index contributed by atoms with van der Waals surface area (Å²) in [6.07, 6.45) is 0. The van der Waals surface area contributed by atoms with Gasteiger partial charge in [0.2, 0.25) is 0 Å². The zero-order valence-electron chi connectivity index (χ0n) is 33.2. The van der Waals surface area contributed by atoms with Gasteiger partial charge in [-0.2, -0.15) is 0 Å². The van der Waals surface area contributed by atoms with Gasteiger partial charge in [-0.05, 0) is 82.2 Å². The molecular formula is C58H38N2S. The monoisotopic (exact) mass is 794 g/mol. The average Bonchev–Trinajstić information content (AvgIpc) is 3.88. The molecule has 0 aliphatic carbocycles. The maximum absolute atomic E-state index is 2.48. The fraction of sp³-hybridized carbons (Fsp3) is 0. The van der Waals surface area contributed by atoms with Gasteiger partial charge in [-0.25, -0.2) is 0 Å². The number of benzene rings is 10. The van der Waals surface area contributed by atoms with E-state index in [1.54, 1.807) is 0 Å². The zero-order chi connectivity index (χ0) is 40.3. The first-order valence-electron chi connectivity index (χ1n) is 20.8. The van der Waals surface area contributed by atoms with Crippen molar-refractivity contribution in [1.82, 2.24) is 4.57 Å². The molecule has 0 bridgehead atoms. The van der Waals surface area contributed by atoms with Crippen LogP contribution in [0.3, 0.4) is 0 Å². The van der Waals surface area contributed by atoms with Gasteiger partial charge in [0.25, 0.3) is 0 Å². The van der Waals surface area contributed by atoms with Crippen LogP contribution < -0.4 is 4.90 Å². The normalized spacial score (nSPS) is 11.6. The SMILES string of the molecule is c1ccc(-c2ccc(N(c3ccc(-c4ccccc4)cc3)c3cc4c(cc3-c3cccc5c3sc3ccccc35)c3ccccc3n4-c3cccc4ccccc34)cc2)cc1. The van der Waals surface area contributed by atoms with Crippen molar-refractivity contribution >= 4 is 81.1 Å². The molecule has 2 heterocycles. The van der Waals surface area contributed by atoms with Gasteiger partial charge in [-0.3, -0.25) is 0 Å². The Hall–Kier alpha value is -7.72. The Balaban J connectivity index is 1.18. The van der Waals surface area contributed by atoms with Crippen molar-refractivity contribution in [3.05, 3.63) is 231 Å². The van der Waals surface area contributed by atoms with Crippen molar-refractivity contribution in [3.8, 4) is 39.1 Å². The molecule has 3 heteroatoms. The third-order valence-electron chi connectivity index (χ3n) is 12.2. The Labute approximate surface area is 358 Å². The van der Waals surface area contributed by atoms with Gasteiger partial charge >= 0.3 is 0 Å². The summed E-state index contributed by atoms with van der Waals surface area (Å²) in [5.74, 6) is 0. The van der Waals surface area contributed by atoms with Crippen LogP contribution in [0.4, 0.5) is 17.1 Å². The van der Waals surface area contributed by atoms with E-state index in [9.17, 15) is 0 Å². The van der Waals surface area contributed by atoms with E-state index in [2.05, 4.69) is 240 Å². The van der Waals surface area contributed by atoms with Gasteiger partial charge in [0.05, 0.1) is 22.4 Å². The van der Waals surface area contributed by atoms with Gasteiger partial charge < -0.3 is 9.47 Å². The number of hydrogen-bond acceptors (Lipinski definition) is 2. The summed E-state index contributed by atoms with van der Waals surface area (Å²) < 4.78 is 5.07. The molecule has 10 aromatic carbocycles. The van der Waals surface area contributed by atoms with Gasteiger partial charge in [-0.15, -0.1) is 11.3 Å². The average molecular weight is 795 g/mol. The van der Waals surface area contributed by atoms with E-state index in [0.717, 1.165) is 22.6 Å². The molecule has 0 unspecified atom stereocenters. The third-order valence-corrected chi connectivity index (χ3v) is 13.4. The number of para-hydroxylation sites is 1. The number of aromatic nitrogens is 1. The molecule has 12 aromatic rings. The molecule has 12 rings (SSSR count). The van der Waals surface area contributed by atoms with Crippen molar-refractivity contribution in [2.24, 2.45) is 0 Å². The lowest BCUT2D eigenvalue weighted by Gasteiger charge is -2.29. The van der Waals surface area contributed by atoms with Crippen molar-refractivity contribution in [2.45, 2.75) is 0 Å². The highest BCUT2D eigenvalue weighted by Crippen LogP contribution is 2.49. The summed E-state index contributed by atoms with van der Waals surface area (Å²) in [6, 6.07) is 84.3. The Morgan fingerprint density at radius 2 is 0.885 bits per heavy atom. The summed E-state index contributed by atoms with van der Waals surface area (Å²) in [6.45, 7) is 0. The van der Waals surface area contributed by atoms with Gasteiger partial charge in [0.1, 0.15) is 0 Å². The quantitative estimate of drug-likeness (QED) is 0.156.